The largest absolute Gasteiger partial charge is 0.491 e. The smallest absolute Gasteiger partial charge is 0.255 e. The predicted molar refractivity (Wildman–Crippen MR) is 169 cm³/mol. The molecule has 0 aliphatic carbocycles. The minimum atomic E-state index is -1.04. The van der Waals surface area contributed by atoms with Crippen molar-refractivity contribution in [2.24, 2.45) is 0 Å². The van der Waals surface area contributed by atoms with Gasteiger partial charge in [0.1, 0.15) is 24.2 Å². The van der Waals surface area contributed by atoms with Crippen molar-refractivity contribution in [1.29, 1.82) is 0 Å². The van der Waals surface area contributed by atoms with Gasteiger partial charge in [-0.15, -0.1) is 0 Å². The number of fused-ring (bicyclic) bond motifs is 1. The number of hydrogen-bond donors (Lipinski definition) is 2. The van der Waals surface area contributed by atoms with Gasteiger partial charge in [0, 0.05) is 32.5 Å². The summed E-state index contributed by atoms with van der Waals surface area (Å²) in [6.45, 7) is 4.00. The Labute approximate surface area is 263 Å². The molecule has 0 bridgehead atoms. The summed E-state index contributed by atoms with van der Waals surface area (Å²) in [5.74, 6) is -1.62. The molecule has 2 atom stereocenters. The molecule has 1 heterocycles. The van der Waals surface area contributed by atoms with E-state index in [-0.39, 0.29) is 61.8 Å². The van der Waals surface area contributed by atoms with Crippen LogP contribution in [0.15, 0.2) is 78.9 Å². The number of rotatable bonds is 6. The summed E-state index contributed by atoms with van der Waals surface area (Å²) in [7, 11) is 3.23. The molecule has 9 nitrogen and oxygen atoms in total. The van der Waals surface area contributed by atoms with Crippen LogP contribution in [-0.2, 0) is 26.2 Å². The minimum absolute atomic E-state index is 0.0153. The summed E-state index contributed by atoms with van der Waals surface area (Å²) in [5.41, 5.74) is 1.54. The van der Waals surface area contributed by atoms with Gasteiger partial charge >= 0.3 is 0 Å². The maximum atomic E-state index is 13.6. The second-order valence-corrected chi connectivity index (χ2v) is 12.1. The lowest BCUT2D eigenvalue weighted by Gasteiger charge is -2.30. The van der Waals surface area contributed by atoms with Crippen LogP contribution in [0.2, 0.25) is 0 Å². The molecule has 10 heteroatoms. The molecule has 0 aromatic heterocycles. The van der Waals surface area contributed by atoms with Gasteiger partial charge in [-0.05, 0) is 48.2 Å². The molecular weight excluding hydrogens is 575 g/mol. The standard InChI is InChI=1S/C35H41FN4O5/c1-35(2,25-14-16-26(36)17-15-25)23-37-34(44)29-18-19-31(41)39(3)21-32(42)40(4)27(20-24-10-6-5-7-11-24)22-45-30-13-9-8-12-28(30)33(43)38-29/h5-17,27,29H,18-23H2,1-4H3,(H,37,44)(H,38,43)/t27-,29+/m1/s1. The Hall–Kier alpha value is -4.73. The fourth-order valence-corrected chi connectivity index (χ4v) is 5.16. The minimum Gasteiger partial charge on any atom is -0.491 e. The van der Waals surface area contributed by atoms with E-state index >= 15 is 0 Å². The number of likely N-dealkylation sites (N-methyl/N-ethyl adjacent to an activating group) is 2. The Balaban J connectivity index is 1.57. The normalized spacial score (nSPS) is 18.6. The summed E-state index contributed by atoms with van der Waals surface area (Å²) in [5, 5.41) is 5.70. The van der Waals surface area contributed by atoms with Crippen molar-refractivity contribution >= 4 is 23.6 Å². The van der Waals surface area contributed by atoms with Crippen LogP contribution < -0.4 is 15.4 Å². The van der Waals surface area contributed by atoms with Gasteiger partial charge in [-0.1, -0.05) is 68.4 Å². The molecule has 0 spiro atoms. The van der Waals surface area contributed by atoms with E-state index in [0.717, 1.165) is 11.1 Å². The molecule has 0 saturated carbocycles. The van der Waals surface area contributed by atoms with Gasteiger partial charge in [0.05, 0.1) is 18.2 Å². The van der Waals surface area contributed by atoms with Gasteiger partial charge in [0.15, 0.2) is 0 Å². The molecule has 3 aromatic carbocycles. The Morgan fingerprint density at radius 3 is 2.33 bits per heavy atom. The zero-order valence-corrected chi connectivity index (χ0v) is 26.2. The SMILES string of the molecule is CN1CC(=O)N(C)[C@H](Cc2ccccc2)COc2ccccc2C(=O)N[C@H](C(=O)NCC(C)(C)c2ccc(F)cc2)CCC1=O. The Bertz CT molecular complexity index is 1500. The fourth-order valence-electron chi connectivity index (χ4n) is 5.16. The highest BCUT2D eigenvalue weighted by molar-refractivity contribution is 5.99. The van der Waals surface area contributed by atoms with Crippen LogP contribution >= 0.6 is 0 Å². The summed E-state index contributed by atoms with van der Waals surface area (Å²) in [4.78, 5) is 56.4. The van der Waals surface area contributed by atoms with Crippen molar-refractivity contribution in [2.75, 3.05) is 33.8 Å². The van der Waals surface area contributed by atoms with Crippen LogP contribution in [0.25, 0.3) is 0 Å². The van der Waals surface area contributed by atoms with E-state index in [0.29, 0.717) is 12.2 Å². The number of halogens is 1. The van der Waals surface area contributed by atoms with Crippen LogP contribution in [0.5, 0.6) is 5.75 Å². The monoisotopic (exact) mass is 616 g/mol. The average molecular weight is 617 g/mol. The van der Waals surface area contributed by atoms with Gasteiger partial charge in [0.25, 0.3) is 5.91 Å². The van der Waals surface area contributed by atoms with Crippen LogP contribution in [-0.4, -0.2) is 79.3 Å². The molecule has 2 N–H and O–H groups in total. The van der Waals surface area contributed by atoms with Gasteiger partial charge in [-0.2, -0.15) is 0 Å². The lowest BCUT2D eigenvalue weighted by molar-refractivity contribution is -0.140. The fraction of sp³-hybridized carbons (Fsp3) is 0.371. The highest BCUT2D eigenvalue weighted by Crippen LogP contribution is 2.23. The first-order chi connectivity index (χ1) is 21.4. The molecule has 0 radical (unpaired) electrons. The number of ether oxygens (including phenoxy) is 1. The number of carbonyl (C=O) groups is 4. The molecule has 1 aliphatic rings. The summed E-state index contributed by atoms with van der Waals surface area (Å²) < 4.78 is 19.6. The Kier molecular flexibility index (Phi) is 10.9. The van der Waals surface area contributed by atoms with Crippen molar-refractivity contribution in [3.8, 4) is 5.75 Å². The topological polar surface area (TPSA) is 108 Å². The third-order valence-electron chi connectivity index (χ3n) is 8.22. The zero-order valence-electron chi connectivity index (χ0n) is 26.2. The molecule has 238 valence electrons. The zero-order chi connectivity index (χ0) is 32.6. The number of amides is 4. The van der Waals surface area contributed by atoms with E-state index in [9.17, 15) is 23.6 Å². The molecule has 0 saturated heterocycles. The number of benzene rings is 3. The van der Waals surface area contributed by atoms with Gasteiger partial charge in [0.2, 0.25) is 17.7 Å². The van der Waals surface area contributed by atoms with Gasteiger partial charge in [-0.25, -0.2) is 4.39 Å². The van der Waals surface area contributed by atoms with Crippen molar-refractivity contribution in [1.82, 2.24) is 20.4 Å². The van der Waals surface area contributed by atoms with E-state index in [1.54, 1.807) is 55.4 Å². The first-order valence-electron chi connectivity index (χ1n) is 15.0. The molecule has 4 amide bonds. The van der Waals surface area contributed by atoms with Crippen molar-refractivity contribution in [3.05, 3.63) is 101 Å². The Morgan fingerprint density at radius 1 is 0.956 bits per heavy atom. The molecule has 4 rings (SSSR count). The van der Waals surface area contributed by atoms with Gasteiger partial charge < -0.3 is 25.2 Å². The second-order valence-electron chi connectivity index (χ2n) is 12.1. The molecular formula is C35H41FN4O5. The average Bonchev–Trinajstić information content (AvgIpc) is 3.03. The number of hydrogen-bond acceptors (Lipinski definition) is 5. The first-order valence-corrected chi connectivity index (χ1v) is 15.0. The molecule has 45 heavy (non-hydrogen) atoms. The van der Waals surface area contributed by atoms with Crippen LogP contribution in [0.3, 0.4) is 0 Å². The van der Waals surface area contributed by atoms with Crippen molar-refractivity contribution in [3.63, 3.8) is 0 Å². The van der Waals surface area contributed by atoms with E-state index in [1.807, 2.05) is 44.2 Å². The van der Waals surface area contributed by atoms with Crippen LogP contribution in [0.1, 0.15) is 48.2 Å². The molecule has 3 aromatic rings. The van der Waals surface area contributed by atoms with E-state index in [4.69, 9.17) is 4.74 Å². The van der Waals surface area contributed by atoms with Crippen LogP contribution in [0.4, 0.5) is 4.39 Å². The number of para-hydroxylation sites is 1. The maximum Gasteiger partial charge on any atom is 0.255 e. The highest BCUT2D eigenvalue weighted by atomic mass is 19.1. The maximum absolute atomic E-state index is 13.6. The predicted octanol–water partition coefficient (Wildman–Crippen LogP) is 3.72. The number of carbonyl (C=O) groups excluding carboxylic acids is 4. The number of nitrogens with zero attached hydrogens (tertiary/aromatic N) is 2. The van der Waals surface area contributed by atoms with Crippen LogP contribution in [0, 0.1) is 5.82 Å². The van der Waals surface area contributed by atoms with Crippen molar-refractivity contribution in [2.45, 2.75) is 50.6 Å². The lowest BCUT2D eigenvalue weighted by Crippen LogP contribution is -2.50. The van der Waals surface area contributed by atoms with Crippen molar-refractivity contribution < 1.29 is 28.3 Å². The van der Waals surface area contributed by atoms with E-state index in [2.05, 4.69) is 10.6 Å². The quantitative estimate of drug-likeness (QED) is 0.439. The number of nitrogens with one attached hydrogen (secondary N) is 2. The highest BCUT2D eigenvalue weighted by Gasteiger charge is 2.29. The third kappa shape index (κ3) is 8.90. The summed E-state index contributed by atoms with van der Waals surface area (Å²) in [6, 6.07) is 21.1. The first kappa shape index (κ1) is 33.2. The summed E-state index contributed by atoms with van der Waals surface area (Å²) in [6.07, 6.45) is 0.450. The van der Waals surface area contributed by atoms with Gasteiger partial charge in [-0.3, -0.25) is 19.2 Å². The molecule has 1 aliphatic heterocycles. The molecule has 0 fully saturated rings. The van der Waals surface area contributed by atoms with E-state index in [1.165, 1.54) is 17.0 Å². The Morgan fingerprint density at radius 2 is 1.62 bits per heavy atom. The second kappa shape index (κ2) is 14.8. The van der Waals surface area contributed by atoms with E-state index < -0.39 is 23.3 Å². The lowest BCUT2D eigenvalue weighted by atomic mass is 9.84. The summed E-state index contributed by atoms with van der Waals surface area (Å²) >= 11 is 0. The molecule has 0 unspecified atom stereocenters. The third-order valence-corrected chi connectivity index (χ3v) is 8.22.